The van der Waals surface area contributed by atoms with E-state index in [2.05, 4.69) is 58.6 Å². The maximum absolute atomic E-state index is 12.3. The Morgan fingerprint density at radius 1 is 1.18 bits per heavy atom. The molecular formula is C27H34N4O3. The summed E-state index contributed by atoms with van der Waals surface area (Å²) >= 11 is 0. The number of aryl methyl sites for hydroxylation is 1. The van der Waals surface area contributed by atoms with Gasteiger partial charge in [-0.1, -0.05) is 12.0 Å². The highest BCUT2D eigenvalue weighted by Gasteiger charge is 2.43. The quantitative estimate of drug-likeness (QED) is 0.659. The number of alkyl carbamates (subject to hydrolysis) is 1. The van der Waals surface area contributed by atoms with Gasteiger partial charge in [-0.15, -0.1) is 0 Å². The zero-order valence-corrected chi connectivity index (χ0v) is 20.7. The molecule has 180 valence electrons. The molecule has 0 radical (unpaired) electrons. The minimum atomic E-state index is -0.545. The van der Waals surface area contributed by atoms with Crippen LogP contribution in [0.3, 0.4) is 0 Å². The Kier molecular flexibility index (Phi) is 6.72. The summed E-state index contributed by atoms with van der Waals surface area (Å²) in [6.07, 6.45) is 1.17. The van der Waals surface area contributed by atoms with Gasteiger partial charge in [0.25, 0.3) is 0 Å². The van der Waals surface area contributed by atoms with Crippen LogP contribution in [0.5, 0.6) is 0 Å². The second-order valence-corrected chi connectivity index (χ2v) is 9.94. The first-order valence-corrected chi connectivity index (χ1v) is 11.8. The van der Waals surface area contributed by atoms with Crippen molar-refractivity contribution in [1.82, 2.24) is 10.3 Å². The van der Waals surface area contributed by atoms with E-state index in [0.29, 0.717) is 18.9 Å². The number of hydrogen-bond acceptors (Lipinski definition) is 6. The van der Waals surface area contributed by atoms with Crippen molar-refractivity contribution in [2.24, 2.45) is 0 Å². The van der Waals surface area contributed by atoms with Crippen molar-refractivity contribution in [2.75, 3.05) is 43.6 Å². The molecule has 7 heteroatoms. The maximum Gasteiger partial charge on any atom is 0.408 e. The van der Waals surface area contributed by atoms with Crippen LogP contribution >= 0.6 is 0 Å². The Morgan fingerprint density at radius 3 is 2.56 bits per heavy atom. The number of ether oxygens (including phenoxy) is 2. The summed E-state index contributed by atoms with van der Waals surface area (Å²) in [5.74, 6) is 7.41. The number of aromatic nitrogens is 1. The van der Waals surface area contributed by atoms with E-state index in [-0.39, 0.29) is 0 Å². The van der Waals surface area contributed by atoms with Crippen LogP contribution in [0.2, 0.25) is 0 Å². The van der Waals surface area contributed by atoms with Crippen molar-refractivity contribution < 1.29 is 14.3 Å². The SMILES string of the molecule is CNc1ccc(C)c(-c2cc(C#CC3(NC(=O)OC(C)(C)C)CC3)nc(N3CCOCC3)c2)c1. The minimum Gasteiger partial charge on any atom is -0.444 e. The fraction of sp³-hybridized carbons (Fsp3) is 0.481. The fourth-order valence-electron chi connectivity index (χ4n) is 3.87. The zero-order chi connectivity index (χ0) is 24.3. The third kappa shape index (κ3) is 6.00. The summed E-state index contributed by atoms with van der Waals surface area (Å²) in [5, 5.41) is 6.17. The van der Waals surface area contributed by atoms with Gasteiger partial charge in [0.15, 0.2) is 0 Å². The number of amides is 1. The van der Waals surface area contributed by atoms with Crippen LogP contribution in [0.1, 0.15) is 44.9 Å². The van der Waals surface area contributed by atoms with Crippen molar-refractivity contribution in [1.29, 1.82) is 0 Å². The Hall–Kier alpha value is -3.24. The third-order valence-corrected chi connectivity index (χ3v) is 5.90. The van der Waals surface area contributed by atoms with Gasteiger partial charge >= 0.3 is 6.09 Å². The highest BCUT2D eigenvalue weighted by molar-refractivity contribution is 5.75. The lowest BCUT2D eigenvalue weighted by Crippen LogP contribution is -2.40. The topological polar surface area (TPSA) is 75.7 Å². The second kappa shape index (κ2) is 9.55. The first-order valence-electron chi connectivity index (χ1n) is 11.8. The average molecular weight is 463 g/mol. The Morgan fingerprint density at radius 2 is 1.91 bits per heavy atom. The molecule has 1 aliphatic heterocycles. The van der Waals surface area contributed by atoms with Gasteiger partial charge in [-0.3, -0.25) is 0 Å². The van der Waals surface area contributed by atoms with Crippen LogP contribution in [0.25, 0.3) is 11.1 Å². The summed E-state index contributed by atoms with van der Waals surface area (Å²) in [4.78, 5) is 19.4. The highest BCUT2D eigenvalue weighted by atomic mass is 16.6. The lowest BCUT2D eigenvalue weighted by atomic mass is 9.99. The van der Waals surface area contributed by atoms with Gasteiger partial charge < -0.3 is 25.0 Å². The number of pyridine rings is 1. The standard InChI is InChI=1S/C27H34N4O3/c1-19-6-7-21(28-5)18-23(19)20-16-22(29-24(17-20)31-12-14-33-15-13-31)8-9-27(10-11-27)30-25(32)34-26(2,3)4/h6-7,16-18,28H,10-15H2,1-5H3,(H,30,32). The highest BCUT2D eigenvalue weighted by Crippen LogP contribution is 2.35. The number of carbonyl (C=O) groups is 1. The molecule has 2 aliphatic rings. The molecule has 1 aromatic heterocycles. The molecule has 1 saturated carbocycles. The van der Waals surface area contributed by atoms with Gasteiger partial charge in [-0.2, -0.15) is 0 Å². The Balaban J connectivity index is 1.67. The second-order valence-electron chi connectivity index (χ2n) is 9.94. The summed E-state index contributed by atoms with van der Waals surface area (Å²) < 4.78 is 10.9. The molecule has 0 atom stereocenters. The number of benzene rings is 1. The average Bonchev–Trinajstić information content (AvgIpc) is 3.56. The summed E-state index contributed by atoms with van der Waals surface area (Å²) in [7, 11) is 1.92. The van der Waals surface area contributed by atoms with Crippen molar-refractivity contribution in [2.45, 2.75) is 51.7 Å². The van der Waals surface area contributed by atoms with E-state index in [1.54, 1.807) is 0 Å². The van der Waals surface area contributed by atoms with Crippen molar-refractivity contribution in [3.8, 4) is 23.0 Å². The smallest absolute Gasteiger partial charge is 0.408 e. The van der Waals surface area contributed by atoms with Crippen LogP contribution in [0.4, 0.5) is 16.3 Å². The van der Waals surface area contributed by atoms with Crippen LogP contribution < -0.4 is 15.5 Å². The van der Waals surface area contributed by atoms with Crippen LogP contribution in [-0.4, -0.2) is 55.6 Å². The van der Waals surface area contributed by atoms with Gasteiger partial charge in [0, 0.05) is 25.8 Å². The lowest BCUT2D eigenvalue weighted by molar-refractivity contribution is 0.0511. The summed E-state index contributed by atoms with van der Waals surface area (Å²) in [6.45, 7) is 10.6. The molecule has 0 unspecified atom stereocenters. The van der Waals surface area contributed by atoms with E-state index in [0.717, 1.165) is 48.6 Å². The molecule has 1 aromatic carbocycles. The zero-order valence-electron chi connectivity index (χ0n) is 20.7. The number of carbonyl (C=O) groups excluding carboxylic acids is 1. The monoisotopic (exact) mass is 462 g/mol. The fourth-order valence-corrected chi connectivity index (χ4v) is 3.87. The number of anilines is 2. The number of nitrogens with one attached hydrogen (secondary N) is 2. The van der Waals surface area contributed by atoms with Crippen molar-refractivity contribution in [3.63, 3.8) is 0 Å². The molecule has 0 spiro atoms. The number of nitrogens with zero attached hydrogens (tertiary/aromatic N) is 2. The molecule has 7 nitrogen and oxygen atoms in total. The maximum atomic E-state index is 12.3. The first-order chi connectivity index (χ1) is 16.2. The molecule has 4 rings (SSSR count). The van der Waals surface area contributed by atoms with E-state index >= 15 is 0 Å². The number of morpholine rings is 1. The molecule has 0 bridgehead atoms. The van der Waals surface area contributed by atoms with Crippen LogP contribution in [0.15, 0.2) is 30.3 Å². The van der Waals surface area contributed by atoms with Gasteiger partial charge in [-0.25, -0.2) is 9.78 Å². The van der Waals surface area contributed by atoms with E-state index in [1.165, 1.54) is 5.56 Å². The molecule has 1 amide bonds. The third-order valence-electron chi connectivity index (χ3n) is 5.90. The van der Waals surface area contributed by atoms with Gasteiger partial charge in [0.1, 0.15) is 22.7 Å². The Labute approximate surface area is 202 Å². The van der Waals surface area contributed by atoms with Gasteiger partial charge in [0.05, 0.1) is 13.2 Å². The van der Waals surface area contributed by atoms with Crippen LogP contribution in [0, 0.1) is 18.8 Å². The molecule has 2 aromatic rings. The largest absolute Gasteiger partial charge is 0.444 e. The van der Waals surface area contributed by atoms with Gasteiger partial charge in [0.2, 0.25) is 0 Å². The predicted octanol–water partition coefficient (Wildman–Crippen LogP) is 4.34. The number of hydrogen-bond donors (Lipinski definition) is 2. The molecule has 1 saturated heterocycles. The van der Waals surface area contributed by atoms with E-state index in [4.69, 9.17) is 14.5 Å². The predicted molar refractivity (Wildman–Crippen MR) is 135 cm³/mol. The van der Waals surface area contributed by atoms with Crippen LogP contribution in [-0.2, 0) is 9.47 Å². The molecular weight excluding hydrogens is 428 g/mol. The van der Waals surface area contributed by atoms with E-state index in [1.807, 2.05) is 33.9 Å². The Bertz CT molecular complexity index is 1120. The molecule has 34 heavy (non-hydrogen) atoms. The molecule has 2 fully saturated rings. The van der Waals surface area contributed by atoms with Crippen molar-refractivity contribution >= 4 is 17.6 Å². The first kappa shape index (κ1) is 23.9. The number of rotatable bonds is 4. The van der Waals surface area contributed by atoms with Crippen molar-refractivity contribution in [3.05, 3.63) is 41.6 Å². The molecule has 2 heterocycles. The van der Waals surface area contributed by atoms with Gasteiger partial charge in [-0.05, 0) is 87.4 Å². The van der Waals surface area contributed by atoms with E-state index < -0.39 is 17.2 Å². The normalized spacial score (nSPS) is 16.8. The lowest BCUT2D eigenvalue weighted by Gasteiger charge is -2.28. The summed E-state index contributed by atoms with van der Waals surface area (Å²) in [6, 6.07) is 10.5. The molecule has 2 N–H and O–H groups in total. The van der Waals surface area contributed by atoms with E-state index in [9.17, 15) is 4.79 Å². The minimum absolute atomic E-state index is 0.436. The summed E-state index contributed by atoms with van der Waals surface area (Å²) in [5.41, 5.74) is 4.04. The molecule has 1 aliphatic carbocycles.